The molecule has 4 amide bonds. The van der Waals surface area contributed by atoms with Gasteiger partial charge >= 0.3 is 6.03 Å². The van der Waals surface area contributed by atoms with Crippen molar-refractivity contribution in [3.63, 3.8) is 0 Å². The summed E-state index contributed by atoms with van der Waals surface area (Å²) in [5, 5.41) is 0. The van der Waals surface area contributed by atoms with Crippen LogP contribution in [-0.4, -0.2) is 66.2 Å². The van der Waals surface area contributed by atoms with Crippen LogP contribution in [0, 0.1) is 0 Å². The Balaban J connectivity index is 1.70. The second-order valence-corrected chi connectivity index (χ2v) is 7.51. The Morgan fingerprint density at radius 1 is 0.724 bits per heavy atom. The first-order valence-corrected chi connectivity index (χ1v) is 9.64. The molecule has 2 aromatic rings. The average Bonchev–Trinajstić information content (AvgIpc) is 3.67. The number of nitrogens with zero attached hydrogens (tertiary/aromatic N) is 2. The molecule has 0 N–H and O–H groups in total. The molecule has 3 heterocycles. The zero-order valence-corrected chi connectivity index (χ0v) is 15.7. The van der Waals surface area contributed by atoms with Gasteiger partial charge in [-0.1, -0.05) is 60.7 Å². The predicted molar refractivity (Wildman–Crippen MR) is 102 cm³/mol. The normalized spacial score (nSPS) is 25.3. The highest BCUT2D eigenvalue weighted by Gasteiger charge is 2.60. The third kappa shape index (κ3) is 2.94. The number of hydrogen-bond acceptors (Lipinski definition) is 5. The van der Waals surface area contributed by atoms with Crippen molar-refractivity contribution in [1.29, 1.82) is 0 Å². The quantitative estimate of drug-likeness (QED) is 0.550. The minimum atomic E-state index is -1.62. The first kappa shape index (κ1) is 18.0. The average molecular weight is 392 g/mol. The molecular formula is C22H20N2O5. The van der Waals surface area contributed by atoms with Crippen LogP contribution in [0.3, 0.4) is 0 Å². The van der Waals surface area contributed by atoms with Crippen LogP contribution in [0.25, 0.3) is 0 Å². The molecule has 2 atom stereocenters. The van der Waals surface area contributed by atoms with Crippen molar-refractivity contribution in [3.8, 4) is 0 Å². The van der Waals surface area contributed by atoms with Crippen LogP contribution in [0.1, 0.15) is 11.1 Å². The molecule has 3 saturated heterocycles. The van der Waals surface area contributed by atoms with Crippen LogP contribution in [0.15, 0.2) is 60.7 Å². The Hall–Kier alpha value is -3.03. The van der Waals surface area contributed by atoms with Crippen molar-refractivity contribution < 1.29 is 23.9 Å². The van der Waals surface area contributed by atoms with Crippen LogP contribution < -0.4 is 0 Å². The number of carbonyl (C=O) groups excluding carboxylic acids is 3. The van der Waals surface area contributed by atoms with Crippen molar-refractivity contribution in [2.75, 3.05) is 26.3 Å². The number of hydrogen-bond donors (Lipinski definition) is 0. The van der Waals surface area contributed by atoms with E-state index in [0.29, 0.717) is 24.3 Å². The Labute approximate surface area is 167 Å². The lowest BCUT2D eigenvalue weighted by Crippen LogP contribution is -2.68. The van der Waals surface area contributed by atoms with E-state index in [-0.39, 0.29) is 25.3 Å². The van der Waals surface area contributed by atoms with Crippen molar-refractivity contribution in [2.45, 2.75) is 17.6 Å². The first-order valence-electron chi connectivity index (χ1n) is 9.64. The maximum absolute atomic E-state index is 13.9. The van der Waals surface area contributed by atoms with E-state index in [0.717, 1.165) is 0 Å². The van der Waals surface area contributed by atoms with E-state index in [1.54, 1.807) is 48.5 Å². The fourth-order valence-corrected chi connectivity index (χ4v) is 3.93. The SMILES string of the molecule is O=C1N(CC2CO2)C(=O)C(c2ccccc2)(c2ccccc2)C(=O)N1CC1CO1. The maximum atomic E-state index is 13.9. The second kappa shape index (κ2) is 6.79. The van der Waals surface area contributed by atoms with Gasteiger partial charge in [0.2, 0.25) is 0 Å². The van der Waals surface area contributed by atoms with Gasteiger partial charge in [-0.2, -0.15) is 0 Å². The molecule has 0 spiro atoms. The molecule has 0 bridgehead atoms. The molecule has 7 nitrogen and oxygen atoms in total. The van der Waals surface area contributed by atoms with E-state index in [1.165, 1.54) is 9.80 Å². The van der Waals surface area contributed by atoms with Gasteiger partial charge in [-0.15, -0.1) is 0 Å². The molecule has 2 aromatic carbocycles. The molecule has 5 rings (SSSR count). The highest BCUT2D eigenvalue weighted by Crippen LogP contribution is 2.40. The molecule has 0 aliphatic carbocycles. The van der Waals surface area contributed by atoms with Gasteiger partial charge in [-0.3, -0.25) is 19.4 Å². The van der Waals surface area contributed by atoms with E-state index in [9.17, 15) is 14.4 Å². The van der Waals surface area contributed by atoms with E-state index >= 15 is 0 Å². The Bertz CT molecular complexity index is 876. The molecule has 0 radical (unpaired) electrons. The summed E-state index contributed by atoms with van der Waals surface area (Å²) in [5.41, 5.74) is -0.547. The van der Waals surface area contributed by atoms with Gasteiger partial charge in [-0.05, 0) is 11.1 Å². The summed E-state index contributed by atoms with van der Waals surface area (Å²) in [5.74, 6) is -1.07. The molecule has 7 heteroatoms. The predicted octanol–water partition coefficient (Wildman–Crippen LogP) is 1.56. The van der Waals surface area contributed by atoms with Crippen molar-refractivity contribution >= 4 is 17.8 Å². The van der Waals surface area contributed by atoms with E-state index in [4.69, 9.17) is 9.47 Å². The van der Waals surface area contributed by atoms with Gasteiger partial charge in [0, 0.05) is 0 Å². The minimum absolute atomic E-state index is 0.133. The molecule has 2 unspecified atom stereocenters. The third-order valence-corrected chi connectivity index (χ3v) is 5.58. The van der Waals surface area contributed by atoms with Crippen molar-refractivity contribution in [1.82, 2.24) is 9.80 Å². The van der Waals surface area contributed by atoms with Gasteiger partial charge in [0.25, 0.3) is 11.8 Å². The van der Waals surface area contributed by atoms with Crippen LogP contribution in [-0.2, 0) is 24.5 Å². The van der Waals surface area contributed by atoms with Gasteiger partial charge in [0.05, 0.1) is 38.5 Å². The fourth-order valence-electron chi connectivity index (χ4n) is 3.93. The zero-order chi connectivity index (χ0) is 20.0. The van der Waals surface area contributed by atoms with E-state index in [2.05, 4.69) is 0 Å². The summed E-state index contributed by atoms with van der Waals surface area (Å²) in [7, 11) is 0. The number of epoxide rings is 2. The maximum Gasteiger partial charge on any atom is 0.333 e. The number of imide groups is 2. The highest BCUT2D eigenvalue weighted by atomic mass is 16.6. The Kier molecular flexibility index (Phi) is 4.22. The Morgan fingerprint density at radius 3 is 1.45 bits per heavy atom. The van der Waals surface area contributed by atoms with Crippen molar-refractivity contribution in [3.05, 3.63) is 71.8 Å². The number of benzene rings is 2. The third-order valence-electron chi connectivity index (χ3n) is 5.58. The fraction of sp³-hybridized carbons (Fsp3) is 0.318. The molecule has 3 aliphatic heterocycles. The molecule has 3 aliphatic rings. The smallest absolute Gasteiger partial charge is 0.333 e. The topological polar surface area (TPSA) is 82.8 Å². The van der Waals surface area contributed by atoms with E-state index in [1.807, 2.05) is 12.1 Å². The largest absolute Gasteiger partial charge is 0.371 e. The van der Waals surface area contributed by atoms with Crippen LogP contribution in [0.2, 0.25) is 0 Å². The monoisotopic (exact) mass is 392 g/mol. The van der Waals surface area contributed by atoms with Crippen molar-refractivity contribution in [2.24, 2.45) is 0 Å². The number of carbonyl (C=O) groups is 3. The molecular weight excluding hydrogens is 372 g/mol. The summed E-state index contributed by atoms with van der Waals surface area (Å²) in [6.45, 7) is 1.27. The number of amides is 4. The minimum Gasteiger partial charge on any atom is -0.371 e. The highest BCUT2D eigenvalue weighted by molar-refractivity contribution is 6.25. The van der Waals surface area contributed by atoms with Gasteiger partial charge in [-0.25, -0.2) is 4.79 Å². The number of barbiturate groups is 1. The summed E-state index contributed by atoms with van der Waals surface area (Å²) in [4.78, 5) is 43.2. The van der Waals surface area contributed by atoms with Gasteiger partial charge < -0.3 is 9.47 Å². The number of ether oxygens (including phenoxy) is 2. The van der Waals surface area contributed by atoms with E-state index < -0.39 is 23.3 Å². The standard InChI is InChI=1S/C22H20N2O5/c25-19-22(15-7-3-1-4-8-15,16-9-5-2-6-10-16)20(26)24(12-18-14-29-18)21(27)23(19)11-17-13-28-17/h1-10,17-18H,11-14H2. The summed E-state index contributed by atoms with van der Waals surface area (Å²) in [6.07, 6.45) is -0.362. The van der Waals surface area contributed by atoms with Crippen LogP contribution in [0.4, 0.5) is 4.79 Å². The molecule has 3 fully saturated rings. The van der Waals surface area contributed by atoms with Gasteiger partial charge in [0.15, 0.2) is 5.41 Å². The lowest BCUT2D eigenvalue weighted by molar-refractivity contribution is -0.150. The molecule has 148 valence electrons. The molecule has 0 saturated carbocycles. The lowest BCUT2D eigenvalue weighted by atomic mass is 9.71. The Morgan fingerprint density at radius 2 is 1.10 bits per heavy atom. The summed E-state index contributed by atoms with van der Waals surface area (Å²) >= 11 is 0. The van der Waals surface area contributed by atoms with Crippen LogP contribution in [0.5, 0.6) is 0 Å². The number of urea groups is 1. The summed E-state index contributed by atoms with van der Waals surface area (Å²) < 4.78 is 10.5. The number of rotatable bonds is 6. The molecule has 0 aromatic heterocycles. The first-order chi connectivity index (χ1) is 14.1. The summed E-state index contributed by atoms with van der Waals surface area (Å²) in [6, 6.07) is 17.3. The molecule has 29 heavy (non-hydrogen) atoms. The zero-order valence-electron chi connectivity index (χ0n) is 15.7. The van der Waals surface area contributed by atoms with Crippen LogP contribution >= 0.6 is 0 Å². The van der Waals surface area contributed by atoms with Gasteiger partial charge in [0.1, 0.15) is 0 Å². The second-order valence-electron chi connectivity index (χ2n) is 7.51. The lowest BCUT2D eigenvalue weighted by Gasteiger charge is -2.44.